The lowest BCUT2D eigenvalue weighted by molar-refractivity contribution is -0.140. The minimum absolute atomic E-state index is 0.00839. The monoisotopic (exact) mass is 603 g/mol. The highest BCUT2D eigenvalue weighted by molar-refractivity contribution is 7.92. The maximum absolute atomic E-state index is 14.0. The van der Waals surface area contributed by atoms with Crippen LogP contribution >= 0.6 is 0 Å². The number of hydrogen-bond acceptors (Lipinski definition) is 4. The summed E-state index contributed by atoms with van der Waals surface area (Å²) >= 11 is 0. The van der Waals surface area contributed by atoms with Gasteiger partial charge in [-0.3, -0.25) is 13.9 Å². The minimum Gasteiger partial charge on any atom is -0.352 e. The Labute approximate surface area is 245 Å². The van der Waals surface area contributed by atoms with Gasteiger partial charge in [-0.15, -0.1) is 0 Å². The molecule has 7 nitrogen and oxygen atoms in total. The number of hydrogen-bond donors (Lipinski definition) is 1. The summed E-state index contributed by atoms with van der Waals surface area (Å²) in [6.45, 7) is 8.10. The molecule has 0 saturated heterocycles. The van der Waals surface area contributed by atoms with Crippen molar-refractivity contribution in [2.45, 2.75) is 70.7 Å². The maximum atomic E-state index is 14.0. The third-order valence-corrected chi connectivity index (χ3v) is 8.39. The van der Waals surface area contributed by atoms with Crippen LogP contribution in [0.1, 0.15) is 49.4 Å². The highest BCUT2D eigenvalue weighted by Gasteiger charge is 2.36. The lowest BCUT2D eigenvalue weighted by Crippen LogP contribution is -2.53. The summed E-state index contributed by atoms with van der Waals surface area (Å²) in [5.74, 6) is -1.16. The number of alkyl halides is 3. The second-order valence-corrected chi connectivity index (χ2v) is 12.3. The smallest absolute Gasteiger partial charge is 0.352 e. The molecule has 2 amide bonds. The lowest BCUT2D eigenvalue weighted by atomic mass is 10.1. The zero-order chi connectivity index (χ0) is 31.2. The quantitative estimate of drug-likeness (QED) is 0.298. The van der Waals surface area contributed by atoms with E-state index in [0.29, 0.717) is 15.9 Å². The topological polar surface area (TPSA) is 86.8 Å². The Balaban J connectivity index is 2.13. The second kappa shape index (κ2) is 13.4. The van der Waals surface area contributed by atoms with Gasteiger partial charge in [0.2, 0.25) is 11.8 Å². The standard InChI is InChI=1S/C31H36F3N3O4S/c1-6-28(30(39)35-21(2)3)36(19-24-10-7-9-23(5)17-24)29(38)20-37(26-12-8-11-25(18-26)31(32,33)34)42(40,41)27-15-13-22(4)14-16-27/h7-18,21,28H,6,19-20H2,1-5H3,(H,35,39)/t28-/m1/s1. The van der Waals surface area contributed by atoms with Crippen molar-refractivity contribution in [1.82, 2.24) is 10.2 Å². The first-order chi connectivity index (χ1) is 19.6. The second-order valence-electron chi connectivity index (χ2n) is 10.5. The summed E-state index contributed by atoms with van der Waals surface area (Å²) in [7, 11) is -4.50. The van der Waals surface area contributed by atoms with Gasteiger partial charge >= 0.3 is 6.18 Å². The van der Waals surface area contributed by atoms with E-state index in [0.717, 1.165) is 23.3 Å². The van der Waals surface area contributed by atoms with Gasteiger partial charge in [-0.25, -0.2) is 8.42 Å². The van der Waals surface area contributed by atoms with Crippen molar-refractivity contribution in [3.63, 3.8) is 0 Å². The largest absolute Gasteiger partial charge is 0.416 e. The van der Waals surface area contributed by atoms with E-state index in [1.165, 1.54) is 23.1 Å². The predicted octanol–water partition coefficient (Wildman–Crippen LogP) is 5.85. The molecule has 0 aliphatic rings. The number of nitrogens with zero attached hydrogens (tertiary/aromatic N) is 2. The van der Waals surface area contributed by atoms with Crippen LogP contribution in [0.3, 0.4) is 0 Å². The van der Waals surface area contributed by atoms with Crippen LogP contribution < -0.4 is 9.62 Å². The van der Waals surface area contributed by atoms with Crippen LogP contribution in [0, 0.1) is 13.8 Å². The molecule has 3 aromatic carbocycles. The van der Waals surface area contributed by atoms with Gasteiger partial charge in [0, 0.05) is 12.6 Å². The van der Waals surface area contributed by atoms with Gasteiger partial charge < -0.3 is 10.2 Å². The first-order valence-corrected chi connectivity index (χ1v) is 15.0. The van der Waals surface area contributed by atoms with Crippen LogP contribution in [0.2, 0.25) is 0 Å². The summed E-state index contributed by atoms with van der Waals surface area (Å²) in [5.41, 5.74) is 1.03. The molecule has 0 radical (unpaired) electrons. The highest BCUT2D eigenvalue weighted by atomic mass is 32.2. The van der Waals surface area contributed by atoms with Crippen molar-refractivity contribution in [3.8, 4) is 0 Å². The SMILES string of the molecule is CC[C@H](C(=O)NC(C)C)N(Cc1cccc(C)c1)C(=O)CN(c1cccc(C(F)(F)F)c1)S(=O)(=O)c1ccc(C)cc1. The number of carbonyl (C=O) groups is 2. The summed E-state index contributed by atoms with van der Waals surface area (Å²) in [4.78, 5) is 28.3. The fourth-order valence-corrected chi connectivity index (χ4v) is 5.92. The third kappa shape index (κ3) is 8.12. The van der Waals surface area contributed by atoms with Gasteiger partial charge in [-0.05, 0) is 70.0 Å². The van der Waals surface area contributed by atoms with Gasteiger partial charge in [-0.2, -0.15) is 13.2 Å². The molecule has 3 aromatic rings. The average molecular weight is 604 g/mol. The van der Waals surface area contributed by atoms with Crippen molar-refractivity contribution >= 4 is 27.5 Å². The first kappa shape index (κ1) is 32.7. The third-order valence-electron chi connectivity index (χ3n) is 6.60. The Morgan fingerprint density at radius 1 is 0.905 bits per heavy atom. The number of aryl methyl sites for hydroxylation is 2. The molecular formula is C31H36F3N3O4S. The lowest BCUT2D eigenvalue weighted by Gasteiger charge is -2.33. The minimum atomic E-state index is -4.74. The Bertz CT molecular complexity index is 1510. The summed E-state index contributed by atoms with van der Waals surface area (Å²) < 4.78 is 69.3. The van der Waals surface area contributed by atoms with Crippen LogP contribution in [0.15, 0.2) is 77.7 Å². The molecule has 0 aliphatic heterocycles. The number of halogens is 3. The maximum Gasteiger partial charge on any atom is 0.416 e. The number of benzene rings is 3. The molecule has 0 unspecified atom stereocenters. The predicted molar refractivity (Wildman–Crippen MR) is 156 cm³/mol. The van der Waals surface area contributed by atoms with Gasteiger partial charge in [0.1, 0.15) is 12.6 Å². The van der Waals surface area contributed by atoms with E-state index < -0.39 is 46.2 Å². The normalized spacial score (nSPS) is 12.6. The fourth-order valence-electron chi connectivity index (χ4n) is 4.51. The van der Waals surface area contributed by atoms with E-state index in [1.807, 2.05) is 19.1 Å². The zero-order valence-electron chi connectivity index (χ0n) is 24.3. The highest BCUT2D eigenvalue weighted by Crippen LogP contribution is 2.33. The number of sulfonamides is 1. The number of anilines is 1. The number of amides is 2. The molecule has 0 aromatic heterocycles. The van der Waals surface area contributed by atoms with Crippen LogP contribution in [0.4, 0.5) is 18.9 Å². The molecule has 11 heteroatoms. The van der Waals surface area contributed by atoms with E-state index in [4.69, 9.17) is 0 Å². The van der Waals surface area contributed by atoms with Crippen LogP contribution in [0.5, 0.6) is 0 Å². The molecule has 42 heavy (non-hydrogen) atoms. The molecule has 226 valence electrons. The van der Waals surface area contributed by atoms with Crippen molar-refractivity contribution in [3.05, 3.63) is 95.1 Å². The van der Waals surface area contributed by atoms with E-state index >= 15 is 0 Å². The van der Waals surface area contributed by atoms with Gasteiger partial charge in [0.15, 0.2) is 0 Å². The molecular weight excluding hydrogens is 567 g/mol. The summed E-state index contributed by atoms with van der Waals surface area (Å²) in [5, 5.41) is 2.81. The van der Waals surface area contributed by atoms with Crippen molar-refractivity contribution in [1.29, 1.82) is 0 Å². The molecule has 1 atom stereocenters. The van der Waals surface area contributed by atoms with Crippen LogP contribution in [0.25, 0.3) is 0 Å². The molecule has 0 aliphatic carbocycles. The Hall–Kier alpha value is -3.86. The molecule has 1 N–H and O–H groups in total. The molecule has 0 heterocycles. The van der Waals surface area contributed by atoms with E-state index in [2.05, 4.69) is 5.32 Å². The summed E-state index contributed by atoms with van der Waals surface area (Å²) in [6.07, 6.45) is -4.51. The Kier molecular flexibility index (Phi) is 10.4. The van der Waals surface area contributed by atoms with Gasteiger partial charge in [-0.1, -0.05) is 60.5 Å². The molecule has 3 rings (SSSR count). The molecule has 0 spiro atoms. The molecule has 0 fully saturated rings. The van der Waals surface area contributed by atoms with E-state index in [9.17, 15) is 31.2 Å². The Morgan fingerprint density at radius 3 is 2.12 bits per heavy atom. The van der Waals surface area contributed by atoms with Crippen molar-refractivity contribution in [2.24, 2.45) is 0 Å². The molecule has 0 bridgehead atoms. The average Bonchev–Trinajstić information content (AvgIpc) is 2.91. The van der Waals surface area contributed by atoms with E-state index in [1.54, 1.807) is 52.0 Å². The van der Waals surface area contributed by atoms with Crippen LogP contribution in [-0.2, 0) is 32.3 Å². The van der Waals surface area contributed by atoms with Crippen molar-refractivity contribution < 1.29 is 31.2 Å². The van der Waals surface area contributed by atoms with Gasteiger partial charge in [0.05, 0.1) is 16.1 Å². The summed E-state index contributed by atoms with van der Waals surface area (Å²) in [6, 6.07) is 15.8. The number of rotatable bonds is 11. The van der Waals surface area contributed by atoms with Gasteiger partial charge in [0.25, 0.3) is 10.0 Å². The number of nitrogens with one attached hydrogen (secondary N) is 1. The fraction of sp³-hybridized carbons (Fsp3) is 0.355. The Morgan fingerprint density at radius 2 is 1.55 bits per heavy atom. The molecule has 0 saturated carbocycles. The number of carbonyl (C=O) groups excluding carboxylic acids is 2. The van der Waals surface area contributed by atoms with Crippen molar-refractivity contribution in [2.75, 3.05) is 10.8 Å². The first-order valence-electron chi connectivity index (χ1n) is 13.6. The van der Waals surface area contributed by atoms with Crippen LogP contribution in [-0.4, -0.2) is 43.8 Å². The zero-order valence-corrected chi connectivity index (χ0v) is 25.1. The van der Waals surface area contributed by atoms with E-state index in [-0.39, 0.29) is 29.6 Å².